The molecule has 4 heteroatoms. The Morgan fingerprint density at radius 2 is 2.05 bits per heavy atom. The number of nitrogens with one attached hydrogen (secondary N) is 2. The van der Waals surface area contributed by atoms with Gasteiger partial charge in [-0.3, -0.25) is 4.79 Å². The minimum absolute atomic E-state index is 0.0542. The third-order valence-corrected chi connectivity index (χ3v) is 3.61. The predicted molar refractivity (Wildman–Crippen MR) is 79.5 cm³/mol. The number of benzene rings is 1. The van der Waals surface area contributed by atoms with Crippen LogP contribution in [-0.2, 0) is 9.53 Å². The fourth-order valence-corrected chi connectivity index (χ4v) is 2.28. The predicted octanol–water partition coefficient (Wildman–Crippen LogP) is 1.80. The zero-order valence-electron chi connectivity index (χ0n) is 12.3. The molecule has 20 heavy (non-hydrogen) atoms. The van der Waals surface area contributed by atoms with Crippen LogP contribution < -0.4 is 10.6 Å². The van der Waals surface area contributed by atoms with Crippen molar-refractivity contribution >= 4 is 5.91 Å². The largest absolute Gasteiger partial charge is 0.383 e. The quantitative estimate of drug-likeness (QED) is 0.712. The van der Waals surface area contributed by atoms with Gasteiger partial charge in [-0.15, -0.1) is 0 Å². The van der Waals surface area contributed by atoms with E-state index < -0.39 is 0 Å². The van der Waals surface area contributed by atoms with Crippen LogP contribution in [0.2, 0.25) is 0 Å². The van der Waals surface area contributed by atoms with Crippen molar-refractivity contribution in [3.8, 4) is 0 Å². The Balaban J connectivity index is 1.86. The van der Waals surface area contributed by atoms with E-state index in [4.69, 9.17) is 4.74 Å². The normalized spacial score (nSPS) is 15.9. The smallest absolute Gasteiger partial charge is 0.234 e. The lowest BCUT2D eigenvalue weighted by Crippen LogP contribution is -2.38. The number of amides is 1. The van der Waals surface area contributed by atoms with Gasteiger partial charge in [-0.05, 0) is 31.2 Å². The molecular weight excluding hydrogens is 252 g/mol. The van der Waals surface area contributed by atoms with Gasteiger partial charge in [-0.25, -0.2) is 0 Å². The van der Waals surface area contributed by atoms with Gasteiger partial charge in [-0.1, -0.05) is 29.8 Å². The number of methoxy groups -OCH3 is 1. The molecular formula is C16H24N2O2. The number of rotatable bonds is 8. The van der Waals surface area contributed by atoms with Crippen molar-refractivity contribution in [1.29, 1.82) is 0 Å². The summed E-state index contributed by atoms with van der Waals surface area (Å²) < 4.78 is 4.94. The van der Waals surface area contributed by atoms with Crippen LogP contribution in [0.4, 0.5) is 0 Å². The highest BCUT2D eigenvalue weighted by atomic mass is 16.5. The van der Waals surface area contributed by atoms with Gasteiger partial charge in [0, 0.05) is 13.7 Å². The highest BCUT2D eigenvalue weighted by Crippen LogP contribution is 2.40. The Hall–Kier alpha value is -1.39. The minimum atomic E-state index is 0.0542. The summed E-state index contributed by atoms with van der Waals surface area (Å²) in [6, 6.07) is 8.61. The molecule has 0 heterocycles. The van der Waals surface area contributed by atoms with Gasteiger partial charge in [0.2, 0.25) is 5.91 Å². The second-order valence-corrected chi connectivity index (χ2v) is 5.46. The van der Waals surface area contributed by atoms with Gasteiger partial charge < -0.3 is 15.4 Å². The Bertz CT molecular complexity index is 427. The van der Waals surface area contributed by atoms with E-state index in [1.807, 2.05) is 0 Å². The minimum Gasteiger partial charge on any atom is -0.383 e. The van der Waals surface area contributed by atoms with E-state index in [2.05, 4.69) is 41.8 Å². The van der Waals surface area contributed by atoms with Crippen LogP contribution in [0.5, 0.6) is 0 Å². The molecule has 110 valence electrons. The first-order valence-corrected chi connectivity index (χ1v) is 7.26. The highest BCUT2D eigenvalue weighted by molar-refractivity contribution is 5.78. The van der Waals surface area contributed by atoms with Crippen molar-refractivity contribution in [3.05, 3.63) is 35.4 Å². The van der Waals surface area contributed by atoms with Crippen LogP contribution in [-0.4, -0.2) is 32.7 Å². The summed E-state index contributed by atoms with van der Waals surface area (Å²) >= 11 is 0. The highest BCUT2D eigenvalue weighted by Gasteiger charge is 2.33. The molecule has 0 bridgehead atoms. The molecule has 1 aromatic rings. The van der Waals surface area contributed by atoms with Crippen LogP contribution in [0.3, 0.4) is 0 Å². The van der Waals surface area contributed by atoms with E-state index in [1.165, 1.54) is 24.0 Å². The first-order chi connectivity index (χ1) is 9.70. The number of carbonyl (C=O) groups is 1. The second-order valence-electron chi connectivity index (χ2n) is 5.46. The molecule has 1 aromatic carbocycles. The second kappa shape index (κ2) is 7.41. The molecule has 2 rings (SSSR count). The Morgan fingerprint density at radius 3 is 2.65 bits per heavy atom. The first kappa shape index (κ1) is 15.0. The van der Waals surface area contributed by atoms with Crippen molar-refractivity contribution in [1.82, 2.24) is 10.6 Å². The van der Waals surface area contributed by atoms with Crippen molar-refractivity contribution in [2.45, 2.75) is 25.8 Å². The lowest BCUT2D eigenvalue weighted by atomic mass is 10.0. The van der Waals surface area contributed by atoms with Gasteiger partial charge >= 0.3 is 0 Å². The lowest BCUT2D eigenvalue weighted by Gasteiger charge is -2.19. The molecule has 1 fully saturated rings. The van der Waals surface area contributed by atoms with Crippen LogP contribution in [0, 0.1) is 12.8 Å². The third kappa shape index (κ3) is 4.62. The average molecular weight is 276 g/mol. The van der Waals surface area contributed by atoms with Crippen molar-refractivity contribution in [3.63, 3.8) is 0 Å². The Morgan fingerprint density at radius 1 is 1.35 bits per heavy atom. The summed E-state index contributed by atoms with van der Waals surface area (Å²) in [5.74, 6) is 0.652. The van der Waals surface area contributed by atoms with E-state index >= 15 is 0 Å². The summed E-state index contributed by atoms with van der Waals surface area (Å²) in [5, 5.41) is 6.22. The summed E-state index contributed by atoms with van der Waals surface area (Å²) in [6.07, 6.45) is 2.41. The summed E-state index contributed by atoms with van der Waals surface area (Å²) in [7, 11) is 1.66. The fraction of sp³-hybridized carbons (Fsp3) is 0.562. The Kier molecular flexibility index (Phi) is 5.56. The van der Waals surface area contributed by atoms with E-state index in [0.29, 0.717) is 25.6 Å². The van der Waals surface area contributed by atoms with Crippen molar-refractivity contribution in [2.24, 2.45) is 5.92 Å². The van der Waals surface area contributed by atoms with Crippen LogP contribution >= 0.6 is 0 Å². The maximum atomic E-state index is 12.0. The standard InChI is InChI=1S/C16H24N2O2/c1-12-3-5-13(6-4-12)16(14-7-8-14)18-15(19)11-17-9-10-20-2/h3-6,14,16-17H,7-11H2,1-2H3,(H,18,19). The van der Waals surface area contributed by atoms with Gasteiger partial charge in [0.05, 0.1) is 19.2 Å². The van der Waals surface area contributed by atoms with E-state index in [1.54, 1.807) is 7.11 Å². The van der Waals surface area contributed by atoms with Crippen LogP contribution in [0.25, 0.3) is 0 Å². The average Bonchev–Trinajstić information content (AvgIpc) is 3.27. The molecule has 0 radical (unpaired) electrons. The zero-order chi connectivity index (χ0) is 14.4. The molecule has 0 spiro atoms. The number of aryl methyl sites for hydroxylation is 1. The van der Waals surface area contributed by atoms with Crippen molar-refractivity contribution < 1.29 is 9.53 Å². The summed E-state index contributed by atoms with van der Waals surface area (Å²) in [5.41, 5.74) is 2.46. The molecule has 0 aromatic heterocycles. The maximum Gasteiger partial charge on any atom is 0.234 e. The van der Waals surface area contributed by atoms with Gasteiger partial charge in [0.25, 0.3) is 0 Å². The van der Waals surface area contributed by atoms with E-state index in [0.717, 1.165) is 0 Å². The molecule has 0 aliphatic heterocycles. The third-order valence-electron chi connectivity index (χ3n) is 3.61. The lowest BCUT2D eigenvalue weighted by molar-refractivity contribution is -0.121. The monoisotopic (exact) mass is 276 g/mol. The SMILES string of the molecule is COCCNCC(=O)NC(c1ccc(C)cc1)C1CC1. The first-order valence-electron chi connectivity index (χ1n) is 7.26. The maximum absolute atomic E-state index is 12.0. The molecule has 0 saturated heterocycles. The number of hydrogen-bond donors (Lipinski definition) is 2. The summed E-state index contributed by atoms with van der Waals surface area (Å²) in [4.78, 5) is 12.0. The molecule has 1 aliphatic carbocycles. The van der Waals surface area contributed by atoms with Gasteiger partial charge in [0.15, 0.2) is 0 Å². The Labute approximate surface area is 120 Å². The fourth-order valence-electron chi connectivity index (χ4n) is 2.28. The molecule has 1 aliphatic rings. The number of carbonyl (C=O) groups excluding carboxylic acids is 1. The summed E-state index contributed by atoms with van der Waals surface area (Å²) in [6.45, 7) is 3.74. The number of hydrogen-bond acceptors (Lipinski definition) is 3. The number of ether oxygens (including phenoxy) is 1. The van der Waals surface area contributed by atoms with Gasteiger partial charge in [-0.2, -0.15) is 0 Å². The zero-order valence-corrected chi connectivity index (χ0v) is 12.3. The molecule has 1 amide bonds. The molecule has 2 N–H and O–H groups in total. The molecule has 1 saturated carbocycles. The van der Waals surface area contributed by atoms with E-state index in [9.17, 15) is 4.79 Å². The molecule has 1 atom stereocenters. The van der Waals surface area contributed by atoms with Crippen molar-refractivity contribution in [2.75, 3.05) is 26.8 Å². The van der Waals surface area contributed by atoms with Crippen LogP contribution in [0.1, 0.15) is 30.0 Å². The van der Waals surface area contributed by atoms with Gasteiger partial charge in [0.1, 0.15) is 0 Å². The topological polar surface area (TPSA) is 50.4 Å². The van der Waals surface area contributed by atoms with E-state index in [-0.39, 0.29) is 11.9 Å². The molecule has 4 nitrogen and oxygen atoms in total. The molecule has 1 unspecified atom stereocenters. The van der Waals surface area contributed by atoms with Crippen LogP contribution in [0.15, 0.2) is 24.3 Å².